The number of carboxylic acid groups (broad SMARTS) is 1. The molecule has 3 nitrogen and oxygen atoms in total. The highest BCUT2D eigenvalue weighted by molar-refractivity contribution is 5.73. The first kappa shape index (κ1) is 13.9. The van der Waals surface area contributed by atoms with Crippen LogP contribution >= 0.6 is 0 Å². The third-order valence-corrected chi connectivity index (χ3v) is 3.89. The second kappa shape index (κ2) is 6.09. The molecule has 0 radical (unpaired) electrons. The van der Waals surface area contributed by atoms with Crippen molar-refractivity contribution in [1.29, 1.82) is 0 Å². The van der Waals surface area contributed by atoms with Crippen LogP contribution in [0.5, 0.6) is 5.75 Å². The van der Waals surface area contributed by atoms with E-state index in [0.717, 1.165) is 31.4 Å². The molecule has 1 aromatic rings. The molecule has 0 aromatic heterocycles. The first-order valence-electron chi connectivity index (χ1n) is 7.13. The van der Waals surface area contributed by atoms with Gasteiger partial charge >= 0.3 is 5.97 Å². The number of hydrogen-bond donors (Lipinski definition) is 1. The Morgan fingerprint density at radius 2 is 2.16 bits per heavy atom. The highest BCUT2D eigenvalue weighted by Gasteiger charge is 2.42. The highest BCUT2D eigenvalue weighted by atomic mass is 16.5. The second-order valence-corrected chi connectivity index (χ2v) is 5.20. The minimum Gasteiger partial charge on any atom is -0.494 e. The number of benzene rings is 1. The average Bonchev–Trinajstić information content (AvgIpc) is 3.17. The summed E-state index contributed by atoms with van der Waals surface area (Å²) in [6.07, 6.45) is 3.80. The lowest BCUT2D eigenvalue weighted by Gasteiger charge is -2.10. The van der Waals surface area contributed by atoms with E-state index in [9.17, 15) is 4.79 Å². The van der Waals surface area contributed by atoms with Crippen molar-refractivity contribution >= 4 is 5.97 Å². The fourth-order valence-corrected chi connectivity index (χ4v) is 2.64. The van der Waals surface area contributed by atoms with Crippen LogP contribution in [0.15, 0.2) is 18.2 Å². The molecule has 2 rings (SSSR count). The Kier molecular flexibility index (Phi) is 4.46. The standard InChI is InChI=1S/C16H22O3/c1-3-11-9-14(19-4-2)8-7-12(11)5-6-13-10-15(13)16(17)18/h7-9,13,15H,3-6,10H2,1-2H3,(H,17,18). The minimum atomic E-state index is -0.632. The van der Waals surface area contributed by atoms with Crippen LogP contribution in [-0.4, -0.2) is 17.7 Å². The maximum absolute atomic E-state index is 10.8. The molecule has 1 saturated carbocycles. The molecule has 0 saturated heterocycles. The SMILES string of the molecule is CCOc1ccc(CCC2CC2C(=O)O)c(CC)c1. The zero-order valence-electron chi connectivity index (χ0n) is 11.7. The van der Waals surface area contributed by atoms with Gasteiger partial charge in [-0.25, -0.2) is 0 Å². The molecule has 0 heterocycles. The lowest BCUT2D eigenvalue weighted by atomic mass is 9.99. The van der Waals surface area contributed by atoms with Gasteiger partial charge < -0.3 is 9.84 Å². The van der Waals surface area contributed by atoms with Gasteiger partial charge in [0.15, 0.2) is 0 Å². The Bertz CT molecular complexity index is 453. The third-order valence-electron chi connectivity index (χ3n) is 3.89. The van der Waals surface area contributed by atoms with E-state index in [1.54, 1.807) is 0 Å². The first-order chi connectivity index (χ1) is 9.15. The molecule has 0 spiro atoms. The van der Waals surface area contributed by atoms with Crippen molar-refractivity contribution in [3.8, 4) is 5.75 Å². The molecule has 1 aromatic carbocycles. The van der Waals surface area contributed by atoms with E-state index in [1.165, 1.54) is 11.1 Å². The van der Waals surface area contributed by atoms with Crippen LogP contribution in [0.1, 0.15) is 37.8 Å². The lowest BCUT2D eigenvalue weighted by Crippen LogP contribution is -2.01. The molecule has 3 heteroatoms. The molecule has 1 aliphatic carbocycles. The van der Waals surface area contributed by atoms with Crippen molar-refractivity contribution in [2.24, 2.45) is 11.8 Å². The summed E-state index contributed by atoms with van der Waals surface area (Å²) in [7, 11) is 0. The van der Waals surface area contributed by atoms with Crippen LogP contribution in [-0.2, 0) is 17.6 Å². The Morgan fingerprint density at radius 1 is 1.37 bits per heavy atom. The summed E-state index contributed by atoms with van der Waals surface area (Å²) < 4.78 is 5.51. The molecule has 2 unspecified atom stereocenters. The molecule has 0 bridgehead atoms. The molecule has 1 aliphatic rings. The van der Waals surface area contributed by atoms with Crippen LogP contribution in [0.3, 0.4) is 0 Å². The van der Waals surface area contributed by atoms with Gasteiger partial charge in [0, 0.05) is 0 Å². The van der Waals surface area contributed by atoms with Gasteiger partial charge in [0.05, 0.1) is 12.5 Å². The molecular formula is C16H22O3. The van der Waals surface area contributed by atoms with Gasteiger partial charge in [0.1, 0.15) is 5.75 Å². The number of aryl methyl sites for hydroxylation is 2. The molecule has 104 valence electrons. The molecule has 1 N–H and O–H groups in total. The van der Waals surface area contributed by atoms with E-state index in [2.05, 4.69) is 19.1 Å². The number of rotatable bonds is 7. The van der Waals surface area contributed by atoms with Crippen molar-refractivity contribution < 1.29 is 14.6 Å². The summed E-state index contributed by atoms with van der Waals surface area (Å²) in [6, 6.07) is 6.25. The van der Waals surface area contributed by atoms with E-state index in [-0.39, 0.29) is 5.92 Å². The molecule has 0 amide bonds. The largest absolute Gasteiger partial charge is 0.494 e. The van der Waals surface area contributed by atoms with Gasteiger partial charge in [-0.3, -0.25) is 4.79 Å². The van der Waals surface area contributed by atoms with E-state index in [0.29, 0.717) is 12.5 Å². The molecule has 19 heavy (non-hydrogen) atoms. The van der Waals surface area contributed by atoms with Crippen molar-refractivity contribution in [3.05, 3.63) is 29.3 Å². The van der Waals surface area contributed by atoms with Crippen molar-refractivity contribution in [2.45, 2.75) is 39.5 Å². The predicted octanol–water partition coefficient (Wildman–Crippen LogP) is 3.30. The summed E-state index contributed by atoms with van der Waals surface area (Å²) in [4.78, 5) is 10.8. The summed E-state index contributed by atoms with van der Waals surface area (Å²) in [5.41, 5.74) is 2.65. The number of aliphatic carboxylic acids is 1. The number of carboxylic acids is 1. The monoisotopic (exact) mass is 262 g/mol. The zero-order chi connectivity index (χ0) is 13.8. The number of carbonyl (C=O) groups is 1. The van der Waals surface area contributed by atoms with Gasteiger partial charge in [0.25, 0.3) is 0 Å². The van der Waals surface area contributed by atoms with E-state index in [1.807, 2.05) is 13.0 Å². The predicted molar refractivity (Wildman–Crippen MR) is 74.5 cm³/mol. The Hall–Kier alpha value is -1.51. The van der Waals surface area contributed by atoms with Crippen molar-refractivity contribution in [3.63, 3.8) is 0 Å². The second-order valence-electron chi connectivity index (χ2n) is 5.20. The van der Waals surface area contributed by atoms with E-state index in [4.69, 9.17) is 9.84 Å². The van der Waals surface area contributed by atoms with Gasteiger partial charge in [-0.1, -0.05) is 13.0 Å². The van der Waals surface area contributed by atoms with Crippen molar-refractivity contribution in [1.82, 2.24) is 0 Å². The summed E-state index contributed by atoms with van der Waals surface area (Å²) >= 11 is 0. The normalized spacial score (nSPS) is 21.2. The Morgan fingerprint density at radius 3 is 2.74 bits per heavy atom. The topological polar surface area (TPSA) is 46.5 Å². The minimum absolute atomic E-state index is 0.0900. The smallest absolute Gasteiger partial charge is 0.306 e. The summed E-state index contributed by atoms with van der Waals surface area (Å²) in [5.74, 6) is 0.590. The van der Waals surface area contributed by atoms with E-state index < -0.39 is 5.97 Å². The summed E-state index contributed by atoms with van der Waals surface area (Å²) in [5, 5.41) is 8.90. The first-order valence-corrected chi connectivity index (χ1v) is 7.13. The van der Waals surface area contributed by atoms with Crippen LogP contribution in [0.2, 0.25) is 0 Å². The van der Waals surface area contributed by atoms with Crippen LogP contribution < -0.4 is 4.74 Å². The van der Waals surface area contributed by atoms with E-state index >= 15 is 0 Å². The third kappa shape index (κ3) is 3.49. The van der Waals surface area contributed by atoms with Crippen molar-refractivity contribution in [2.75, 3.05) is 6.61 Å². The van der Waals surface area contributed by atoms with Gasteiger partial charge in [-0.15, -0.1) is 0 Å². The van der Waals surface area contributed by atoms with Gasteiger partial charge in [-0.2, -0.15) is 0 Å². The summed E-state index contributed by atoms with van der Waals surface area (Å²) in [6.45, 7) is 4.81. The maximum atomic E-state index is 10.8. The fourth-order valence-electron chi connectivity index (χ4n) is 2.64. The molecule has 0 aliphatic heterocycles. The number of ether oxygens (including phenoxy) is 1. The van der Waals surface area contributed by atoms with Gasteiger partial charge in [0.2, 0.25) is 0 Å². The molecule has 2 atom stereocenters. The highest BCUT2D eigenvalue weighted by Crippen LogP contribution is 2.42. The van der Waals surface area contributed by atoms with Crippen LogP contribution in [0.4, 0.5) is 0 Å². The maximum Gasteiger partial charge on any atom is 0.306 e. The molecular weight excluding hydrogens is 240 g/mol. The fraction of sp³-hybridized carbons (Fsp3) is 0.562. The Labute approximate surface area is 114 Å². The van der Waals surface area contributed by atoms with Crippen LogP contribution in [0.25, 0.3) is 0 Å². The van der Waals surface area contributed by atoms with Crippen LogP contribution in [0, 0.1) is 11.8 Å². The quantitative estimate of drug-likeness (QED) is 0.820. The average molecular weight is 262 g/mol. The lowest BCUT2D eigenvalue weighted by molar-refractivity contribution is -0.138. The van der Waals surface area contributed by atoms with Gasteiger partial charge in [-0.05, 0) is 61.8 Å². The zero-order valence-corrected chi connectivity index (χ0v) is 11.7. The number of hydrogen-bond acceptors (Lipinski definition) is 2. The molecule has 1 fully saturated rings. The Balaban J connectivity index is 1.94.